The number of alkyl halides is 2. The number of nitrogens with one attached hydrogen (secondary N) is 2. The molecule has 34 heavy (non-hydrogen) atoms. The van der Waals surface area contributed by atoms with Gasteiger partial charge in [-0.15, -0.1) is 0 Å². The molecule has 1 saturated heterocycles. The highest BCUT2D eigenvalue weighted by molar-refractivity contribution is 6.10. The molecule has 2 aromatic carbocycles. The van der Waals surface area contributed by atoms with Gasteiger partial charge in [-0.3, -0.25) is 14.5 Å². The van der Waals surface area contributed by atoms with E-state index in [0.29, 0.717) is 28.5 Å². The monoisotopic (exact) mass is 479 g/mol. The van der Waals surface area contributed by atoms with E-state index in [9.17, 15) is 23.2 Å². The maximum atomic E-state index is 13.0. The molecule has 0 saturated carbocycles. The molecular weight excluding hydrogens is 456 g/mol. The zero-order chi connectivity index (χ0) is 25.0. The maximum absolute atomic E-state index is 13.0. The lowest BCUT2D eigenvalue weighted by Crippen LogP contribution is -2.42. The Labute approximate surface area is 193 Å². The van der Waals surface area contributed by atoms with E-state index in [1.54, 1.807) is 0 Å². The normalized spacial score (nSPS) is 17.4. The smallest absolute Gasteiger partial charge is 0.387 e. The predicted octanol–water partition coefficient (Wildman–Crippen LogP) is 2.72. The summed E-state index contributed by atoms with van der Waals surface area (Å²) in [6.45, 7) is -2.11. The molecule has 2 N–H and O–H groups in total. The van der Waals surface area contributed by atoms with Crippen molar-refractivity contribution in [3.63, 3.8) is 0 Å². The minimum atomic E-state index is -2.99. The fourth-order valence-corrected chi connectivity index (χ4v) is 3.50. The Kier molecular flexibility index (Phi) is 7.08. The Morgan fingerprint density at radius 2 is 1.65 bits per heavy atom. The summed E-state index contributed by atoms with van der Waals surface area (Å²) in [4.78, 5) is 38.9. The number of nitrogens with zero attached hydrogens (tertiary/aromatic N) is 1. The van der Waals surface area contributed by atoms with Gasteiger partial charge in [0.1, 0.15) is 17.8 Å². The minimum absolute atomic E-state index is 0.0966. The average molecular weight is 479 g/mol. The molecule has 1 atom stereocenters. The molecule has 2 aromatic rings. The second-order valence-electron chi connectivity index (χ2n) is 7.31. The van der Waals surface area contributed by atoms with Crippen LogP contribution in [0.25, 0.3) is 0 Å². The van der Waals surface area contributed by atoms with Gasteiger partial charge in [-0.25, -0.2) is 4.79 Å². The number of carbonyl (C=O) groups is 3. The molecule has 0 unspecified atom stereocenters. The molecule has 1 fully saturated rings. The first-order chi connectivity index (χ1) is 16.1. The van der Waals surface area contributed by atoms with Crippen molar-refractivity contribution in [3.05, 3.63) is 42.0 Å². The number of imide groups is 1. The summed E-state index contributed by atoms with van der Waals surface area (Å²) >= 11 is 0. The van der Waals surface area contributed by atoms with Crippen LogP contribution in [-0.2, 0) is 15.1 Å². The molecule has 0 radical (unpaired) electrons. The van der Waals surface area contributed by atoms with Crippen LogP contribution < -0.4 is 29.6 Å². The van der Waals surface area contributed by atoms with Crippen LogP contribution in [0.15, 0.2) is 36.4 Å². The summed E-state index contributed by atoms with van der Waals surface area (Å²) in [6.07, 6.45) is 0. The maximum Gasteiger partial charge on any atom is 0.387 e. The number of benzene rings is 2. The molecule has 0 bridgehead atoms. The van der Waals surface area contributed by atoms with Crippen LogP contribution in [-0.4, -0.2) is 57.2 Å². The highest BCUT2D eigenvalue weighted by Crippen LogP contribution is 2.40. The first kappa shape index (κ1) is 24.6. The second kappa shape index (κ2) is 9.81. The number of hydrogen-bond donors (Lipinski definition) is 2. The largest absolute Gasteiger partial charge is 0.493 e. The van der Waals surface area contributed by atoms with Gasteiger partial charge in [0.15, 0.2) is 11.5 Å². The molecule has 10 nitrogen and oxygen atoms in total. The van der Waals surface area contributed by atoms with Crippen molar-refractivity contribution in [2.45, 2.75) is 19.1 Å². The molecule has 0 aliphatic carbocycles. The van der Waals surface area contributed by atoms with Gasteiger partial charge in [-0.05, 0) is 24.6 Å². The Hall–Kier alpha value is -4.09. The summed E-state index contributed by atoms with van der Waals surface area (Å²) in [5, 5.41) is 5.13. The predicted molar refractivity (Wildman–Crippen MR) is 115 cm³/mol. The van der Waals surface area contributed by atoms with E-state index in [-0.39, 0.29) is 5.75 Å². The van der Waals surface area contributed by atoms with Crippen LogP contribution in [0.3, 0.4) is 0 Å². The van der Waals surface area contributed by atoms with Gasteiger partial charge in [0, 0.05) is 17.8 Å². The van der Waals surface area contributed by atoms with Gasteiger partial charge < -0.3 is 29.6 Å². The van der Waals surface area contributed by atoms with E-state index in [1.807, 2.05) is 0 Å². The SMILES string of the molecule is COc1cc(NC(=O)CN2C(=O)N[C@](C)(c3ccc(OC(F)F)cc3)C2=O)cc(OC)c1OC. The molecule has 182 valence electrons. The third-order valence-electron chi connectivity index (χ3n) is 5.18. The van der Waals surface area contributed by atoms with E-state index in [4.69, 9.17) is 14.2 Å². The zero-order valence-electron chi connectivity index (χ0n) is 18.8. The molecule has 0 aromatic heterocycles. The molecule has 1 aliphatic heterocycles. The highest BCUT2D eigenvalue weighted by Gasteiger charge is 2.49. The quantitative estimate of drug-likeness (QED) is 0.532. The van der Waals surface area contributed by atoms with Crippen molar-refractivity contribution in [2.75, 3.05) is 33.2 Å². The Morgan fingerprint density at radius 3 is 2.15 bits per heavy atom. The van der Waals surface area contributed by atoms with Crippen molar-refractivity contribution in [1.82, 2.24) is 10.2 Å². The van der Waals surface area contributed by atoms with Crippen LogP contribution in [0.5, 0.6) is 23.0 Å². The summed E-state index contributed by atoms with van der Waals surface area (Å²) in [7, 11) is 4.28. The number of carbonyl (C=O) groups excluding carboxylic acids is 3. The van der Waals surface area contributed by atoms with E-state index < -0.39 is 36.5 Å². The molecule has 1 aliphatic rings. The lowest BCUT2D eigenvalue weighted by molar-refractivity contribution is -0.133. The van der Waals surface area contributed by atoms with E-state index in [0.717, 1.165) is 4.90 Å². The average Bonchev–Trinajstić information content (AvgIpc) is 3.02. The van der Waals surface area contributed by atoms with Crippen LogP contribution in [0.1, 0.15) is 12.5 Å². The molecule has 1 heterocycles. The number of urea groups is 1. The van der Waals surface area contributed by atoms with Crippen LogP contribution in [0.2, 0.25) is 0 Å². The third-order valence-corrected chi connectivity index (χ3v) is 5.18. The number of amides is 4. The van der Waals surface area contributed by atoms with Crippen molar-refractivity contribution >= 4 is 23.5 Å². The number of anilines is 1. The fraction of sp³-hybridized carbons (Fsp3) is 0.318. The van der Waals surface area contributed by atoms with Gasteiger partial charge in [-0.1, -0.05) is 12.1 Å². The Morgan fingerprint density at radius 1 is 1.06 bits per heavy atom. The first-order valence-electron chi connectivity index (χ1n) is 9.92. The number of hydrogen-bond acceptors (Lipinski definition) is 7. The summed E-state index contributed by atoms with van der Waals surface area (Å²) in [5.74, 6) is -0.487. The summed E-state index contributed by atoms with van der Waals surface area (Å²) < 4.78 is 44.7. The van der Waals surface area contributed by atoms with Gasteiger partial charge in [0.05, 0.1) is 21.3 Å². The zero-order valence-corrected chi connectivity index (χ0v) is 18.8. The van der Waals surface area contributed by atoms with Crippen LogP contribution in [0, 0.1) is 0 Å². The lowest BCUT2D eigenvalue weighted by atomic mass is 9.92. The van der Waals surface area contributed by atoms with E-state index in [2.05, 4.69) is 15.4 Å². The number of halogens is 2. The molecule has 12 heteroatoms. The Balaban J connectivity index is 1.74. The first-order valence-corrected chi connectivity index (χ1v) is 9.92. The number of rotatable bonds is 9. The number of ether oxygens (including phenoxy) is 4. The van der Waals surface area contributed by atoms with Crippen LogP contribution >= 0.6 is 0 Å². The van der Waals surface area contributed by atoms with Crippen molar-refractivity contribution in [1.29, 1.82) is 0 Å². The van der Waals surface area contributed by atoms with E-state index >= 15 is 0 Å². The van der Waals surface area contributed by atoms with Crippen molar-refractivity contribution in [3.8, 4) is 23.0 Å². The molecule has 3 rings (SSSR count). The van der Waals surface area contributed by atoms with Crippen LogP contribution in [0.4, 0.5) is 19.3 Å². The third kappa shape index (κ3) is 4.80. The van der Waals surface area contributed by atoms with Gasteiger partial charge in [-0.2, -0.15) is 8.78 Å². The fourth-order valence-electron chi connectivity index (χ4n) is 3.50. The lowest BCUT2D eigenvalue weighted by Gasteiger charge is -2.22. The van der Waals surface area contributed by atoms with Gasteiger partial charge in [0.2, 0.25) is 11.7 Å². The summed E-state index contributed by atoms with van der Waals surface area (Å²) in [6, 6.07) is 7.50. The molecule has 4 amide bonds. The number of methoxy groups -OCH3 is 3. The summed E-state index contributed by atoms with van der Waals surface area (Å²) in [5.41, 5.74) is -0.864. The van der Waals surface area contributed by atoms with E-state index in [1.165, 1.54) is 64.7 Å². The standard InChI is InChI=1S/C22H23F2N3O7/c1-22(12-5-7-14(8-6-12)34-20(23)24)19(29)27(21(30)26-22)11-17(28)25-13-9-15(31-2)18(33-4)16(10-13)32-3/h5-10,20H,11H2,1-4H3,(H,25,28)(H,26,30)/t22-/m1/s1. The molecular formula is C22H23F2N3O7. The second-order valence-corrected chi connectivity index (χ2v) is 7.31. The Bertz CT molecular complexity index is 1070. The van der Waals surface area contributed by atoms with Crippen molar-refractivity contribution < 1.29 is 42.1 Å². The minimum Gasteiger partial charge on any atom is -0.493 e. The molecule has 0 spiro atoms. The van der Waals surface area contributed by atoms with Crippen molar-refractivity contribution in [2.24, 2.45) is 0 Å². The highest BCUT2D eigenvalue weighted by atomic mass is 19.3. The topological polar surface area (TPSA) is 115 Å². The van der Waals surface area contributed by atoms with Gasteiger partial charge >= 0.3 is 12.6 Å². The van der Waals surface area contributed by atoms with Gasteiger partial charge in [0.25, 0.3) is 5.91 Å².